The van der Waals surface area contributed by atoms with E-state index in [0.717, 1.165) is 18.4 Å². The minimum absolute atomic E-state index is 0.0149. The Labute approximate surface area is 132 Å². The number of benzene rings is 1. The van der Waals surface area contributed by atoms with Crippen LogP contribution in [0.2, 0.25) is 5.02 Å². The molecule has 112 valence electrons. The molecule has 6 heteroatoms. The number of amides is 1. The topological polar surface area (TPSA) is 57.6 Å². The van der Waals surface area contributed by atoms with E-state index in [-0.39, 0.29) is 17.7 Å². The fraction of sp³-hybridized carbons (Fsp3) is 0.467. The van der Waals surface area contributed by atoms with Gasteiger partial charge in [-0.25, -0.2) is 4.79 Å². The van der Waals surface area contributed by atoms with Crippen molar-refractivity contribution in [3.63, 3.8) is 0 Å². The Balaban J connectivity index is 1.79. The first kappa shape index (κ1) is 14.7. The highest BCUT2D eigenvalue weighted by Gasteiger charge is 2.47. The lowest BCUT2D eigenvalue weighted by atomic mass is 10.1. The zero-order chi connectivity index (χ0) is 15.0. The summed E-state index contributed by atoms with van der Waals surface area (Å²) in [6.07, 6.45) is 2.33. The Morgan fingerprint density at radius 2 is 2.05 bits per heavy atom. The molecule has 2 aliphatic rings. The van der Waals surface area contributed by atoms with E-state index in [1.165, 1.54) is 0 Å². The monoisotopic (exact) mass is 325 g/mol. The zero-order valence-corrected chi connectivity index (χ0v) is 12.9. The van der Waals surface area contributed by atoms with Crippen molar-refractivity contribution < 1.29 is 14.7 Å². The van der Waals surface area contributed by atoms with E-state index in [1.807, 2.05) is 18.2 Å². The molecule has 0 radical (unpaired) electrons. The van der Waals surface area contributed by atoms with Crippen molar-refractivity contribution in [3.8, 4) is 0 Å². The number of hydrogen-bond acceptors (Lipinski definition) is 3. The second kappa shape index (κ2) is 5.89. The molecule has 21 heavy (non-hydrogen) atoms. The first-order valence-corrected chi connectivity index (χ1v) is 8.39. The fourth-order valence-electron chi connectivity index (χ4n) is 2.67. The fourth-order valence-corrected chi connectivity index (χ4v) is 4.53. The minimum atomic E-state index is -0.918. The summed E-state index contributed by atoms with van der Waals surface area (Å²) in [6.45, 7) is 0. The molecule has 3 rings (SSSR count). The van der Waals surface area contributed by atoms with Crippen LogP contribution in [0.4, 0.5) is 0 Å². The molecule has 0 aromatic heterocycles. The molecule has 1 heterocycles. The molecule has 1 aromatic carbocycles. The number of carbonyl (C=O) groups is 2. The summed E-state index contributed by atoms with van der Waals surface area (Å²) in [4.78, 5) is 25.6. The van der Waals surface area contributed by atoms with E-state index in [2.05, 4.69) is 0 Å². The third-order valence-electron chi connectivity index (χ3n) is 3.93. The SMILES string of the molecule is O=C(O)C1CSC(C2CC2)N1C(=O)Cc1ccccc1Cl. The van der Waals surface area contributed by atoms with Crippen molar-refractivity contribution >= 4 is 35.2 Å². The standard InChI is InChI=1S/C15H16ClNO3S/c16-11-4-2-1-3-10(11)7-13(18)17-12(15(19)20)8-21-14(17)9-5-6-9/h1-4,9,12,14H,5-8H2,(H,19,20). The molecular formula is C15H16ClNO3S. The van der Waals surface area contributed by atoms with E-state index < -0.39 is 12.0 Å². The van der Waals surface area contributed by atoms with Gasteiger partial charge >= 0.3 is 5.97 Å². The Hall–Kier alpha value is -1.20. The van der Waals surface area contributed by atoms with Crippen LogP contribution in [0.15, 0.2) is 24.3 Å². The van der Waals surface area contributed by atoms with Gasteiger partial charge in [0.05, 0.1) is 11.8 Å². The maximum atomic E-state index is 12.6. The molecule has 1 aliphatic carbocycles. The highest BCUT2D eigenvalue weighted by atomic mass is 35.5. The summed E-state index contributed by atoms with van der Waals surface area (Å²) in [5, 5.41) is 9.90. The second-order valence-corrected chi connectivity index (χ2v) is 7.04. The lowest BCUT2D eigenvalue weighted by Gasteiger charge is -2.27. The van der Waals surface area contributed by atoms with Gasteiger partial charge in [-0.1, -0.05) is 29.8 Å². The van der Waals surface area contributed by atoms with Gasteiger partial charge in [-0.15, -0.1) is 11.8 Å². The van der Waals surface area contributed by atoms with Gasteiger partial charge in [0, 0.05) is 10.8 Å². The smallest absolute Gasteiger partial charge is 0.327 e. The van der Waals surface area contributed by atoms with E-state index in [0.29, 0.717) is 16.7 Å². The Bertz CT molecular complexity index is 576. The van der Waals surface area contributed by atoms with Gasteiger partial charge in [0.2, 0.25) is 5.91 Å². The van der Waals surface area contributed by atoms with Crippen LogP contribution < -0.4 is 0 Å². The molecule has 1 N–H and O–H groups in total. The lowest BCUT2D eigenvalue weighted by molar-refractivity contribution is -0.149. The number of aliphatic carboxylic acids is 1. The second-order valence-electron chi connectivity index (χ2n) is 5.48. The molecule has 1 saturated carbocycles. The Morgan fingerprint density at radius 3 is 2.67 bits per heavy atom. The molecule has 4 nitrogen and oxygen atoms in total. The molecule has 2 unspecified atom stereocenters. The summed E-state index contributed by atoms with van der Waals surface area (Å²) in [6, 6.07) is 6.49. The number of carboxylic acid groups (broad SMARTS) is 1. The summed E-state index contributed by atoms with van der Waals surface area (Å²) in [5.74, 6) is -0.129. The van der Waals surface area contributed by atoms with Crippen LogP contribution >= 0.6 is 23.4 Å². The predicted molar refractivity (Wildman–Crippen MR) is 82.4 cm³/mol. The first-order chi connectivity index (χ1) is 10.1. The highest BCUT2D eigenvalue weighted by molar-refractivity contribution is 8.00. The van der Waals surface area contributed by atoms with E-state index in [1.54, 1.807) is 22.7 Å². The molecule has 1 amide bonds. The Kier molecular flexibility index (Phi) is 4.13. The number of hydrogen-bond donors (Lipinski definition) is 1. The Morgan fingerprint density at radius 1 is 1.33 bits per heavy atom. The van der Waals surface area contributed by atoms with E-state index in [4.69, 9.17) is 11.6 Å². The maximum Gasteiger partial charge on any atom is 0.327 e. The van der Waals surface area contributed by atoms with Crippen molar-refractivity contribution in [2.24, 2.45) is 5.92 Å². The van der Waals surface area contributed by atoms with Crippen molar-refractivity contribution in [2.75, 3.05) is 5.75 Å². The maximum absolute atomic E-state index is 12.6. The van der Waals surface area contributed by atoms with Gasteiger partial charge in [0.25, 0.3) is 0 Å². The third-order valence-corrected chi connectivity index (χ3v) is 5.76. The van der Waals surface area contributed by atoms with Crippen molar-refractivity contribution in [2.45, 2.75) is 30.7 Å². The van der Waals surface area contributed by atoms with Gasteiger partial charge in [-0.2, -0.15) is 0 Å². The highest BCUT2D eigenvalue weighted by Crippen LogP contribution is 2.45. The van der Waals surface area contributed by atoms with E-state index >= 15 is 0 Å². The normalized spacial score (nSPS) is 25.1. The van der Waals surface area contributed by atoms with Crippen LogP contribution in [0, 0.1) is 5.92 Å². The largest absolute Gasteiger partial charge is 0.480 e. The number of thioether (sulfide) groups is 1. The molecule has 1 saturated heterocycles. The van der Waals surface area contributed by atoms with Gasteiger partial charge < -0.3 is 10.0 Å². The summed E-state index contributed by atoms with van der Waals surface area (Å²) in [7, 11) is 0. The average Bonchev–Trinajstić information content (AvgIpc) is 3.19. The van der Waals surface area contributed by atoms with Gasteiger partial charge in [0.1, 0.15) is 6.04 Å². The summed E-state index contributed by atoms with van der Waals surface area (Å²) >= 11 is 7.68. The number of carboxylic acids is 1. The quantitative estimate of drug-likeness (QED) is 0.924. The molecule has 2 atom stereocenters. The van der Waals surface area contributed by atoms with Crippen molar-refractivity contribution in [1.82, 2.24) is 4.90 Å². The van der Waals surface area contributed by atoms with Crippen LogP contribution in [0.25, 0.3) is 0 Å². The van der Waals surface area contributed by atoms with Crippen LogP contribution in [0.1, 0.15) is 18.4 Å². The van der Waals surface area contributed by atoms with Crippen LogP contribution in [0.5, 0.6) is 0 Å². The predicted octanol–water partition coefficient (Wildman–Crippen LogP) is 2.65. The summed E-state index contributed by atoms with van der Waals surface area (Å²) in [5.41, 5.74) is 0.750. The number of nitrogens with zero attached hydrogens (tertiary/aromatic N) is 1. The molecule has 0 bridgehead atoms. The van der Waals surface area contributed by atoms with Crippen LogP contribution in [0.3, 0.4) is 0 Å². The molecule has 2 fully saturated rings. The average molecular weight is 326 g/mol. The molecular weight excluding hydrogens is 310 g/mol. The van der Waals surface area contributed by atoms with Crippen molar-refractivity contribution in [3.05, 3.63) is 34.9 Å². The third kappa shape index (κ3) is 3.04. The zero-order valence-electron chi connectivity index (χ0n) is 11.4. The lowest BCUT2D eigenvalue weighted by Crippen LogP contribution is -2.47. The van der Waals surface area contributed by atoms with Crippen molar-refractivity contribution in [1.29, 1.82) is 0 Å². The number of rotatable bonds is 4. The van der Waals surface area contributed by atoms with Crippen LogP contribution in [-0.2, 0) is 16.0 Å². The van der Waals surface area contributed by atoms with E-state index in [9.17, 15) is 14.7 Å². The minimum Gasteiger partial charge on any atom is -0.480 e. The molecule has 1 aromatic rings. The van der Waals surface area contributed by atoms with Gasteiger partial charge in [0.15, 0.2) is 0 Å². The first-order valence-electron chi connectivity index (χ1n) is 6.97. The van der Waals surface area contributed by atoms with Gasteiger partial charge in [-0.05, 0) is 30.4 Å². The number of carbonyl (C=O) groups excluding carboxylic acids is 1. The molecule has 0 spiro atoms. The molecule has 1 aliphatic heterocycles. The number of halogens is 1. The van der Waals surface area contributed by atoms with Crippen LogP contribution in [-0.4, -0.2) is 39.1 Å². The summed E-state index contributed by atoms with van der Waals surface area (Å²) < 4.78 is 0. The van der Waals surface area contributed by atoms with Gasteiger partial charge in [-0.3, -0.25) is 4.79 Å².